The number of para-hydroxylation sites is 4. The minimum atomic E-state index is -0.364. The fourth-order valence-electron chi connectivity index (χ4n) is 12.1. The Morgan fingerprint density at radius 3 is 1.16 bits per heavy atom. The molecule has 8 aromatic carbocycles. The number of benzene rings is 8. The van der Waals surface area contributed by atoms with Gasteiger partial charge in [-0.2, -0.15) is 0 Å². The first-order valence-electron chi connectivity index (χ1n) is 40.3. The Kier molecular flexibility index (Phi) is 34.5. The molecule has 19 rings (SSSR count). The molecule has 0 aliphatic carbocycles. The second kappa shape index (κ2) is 48.5. The molecule has 136 heavy (non-hydrogen) atoms. The van der Waals surface area contributed by atoms with Gasteiger partial charge >= 0.3 is 0 Å². The second-order valence-corrected chi connectivity index (χ2v) is 40.1. The van der Waals surface area contributed by atoms with Crippen LogP contribution in [0.4, 0.5) is 25.7 Å². The Morgan fingerprint density at radius 1 is 0.346 bits per heavy atom. The molecule has 0 saturated heterocycles. The van der Waals surface area contributed by atoms with E-state index >= 15 is 0 Å². The monoisotopic (exact) mass is 2030 g/mol. The van der Waals surface area contributed by atoms with Crippen LogP contribution in [0.1, 0.15) is 26.4 Å². The van der Waals surface area contributed by atoms with Crippen LogP contribution in [-0.4, -0.2) is 169 Å². The number of likely N-dealkylation sites (N-methyl/N-ethyl adjacent to an activating group) is 1. The number of aromatic nitrogens is 16. The van der Waals surface area contributed by atoms with E-state index in [9.17, 15) is 28.8 Å². The Labute approximate surface area is 826 Å². The molecule has 0 atom stereocenters. The highest BCUT2D eigenvalue weighted by molar-refractivity contribution is 8.02. The van der Waals surface area contributed by atoms with Gasteiger partial charge in [0.05, 0.1) is 61.3 Å². The molecule has 6 amide bonds. The predicted octanol–water partition coefficient (Wildman–Crippen LogP) is 20.2. The highest BCUT2D eigenvalue weighted by Gasteiger charge is 2.21. The standard InChI is InChI=1S/C20H15ClN4O3S2.C20H15ClN4O2S2.C20H15N5O2S2.C17H11N5OS2.C15H15N5OS2/c1-27-13-3-5-14(6-4-13)28-11-18(26)23-19-24-25-20(30-19)29-17-8-9-22-16-10-12(21)2-7-15(16)17;1-27-16-5-3-2-4-12(16)10-18(26)23-19-24-25-20(29-19)28-17-8-9-22-15-11-13(21)6-7-14(15)17;26-17(12-22-18(27)13-6-2-1-3-7-13)23-19-24-25-20(29-19)28-16-10-11-21-15-9-5-4-8-14(15)16;23-15(13-7-3-4-9-18-13)20-16-21-22-17(25-16)24-14-8-10-19-12-6-2-1-5-11(12)14;1-20(2)9-13(21)17-14-18-19-15(23-14)22-12-7-8-16-11-6-4-3-5-10(11)12/h2-10H,11H2,1H3,(H,23,24,26);2-9,11H,10H2,1H3,(H,23,24,26);1-11H,12H2,(H,22,27)(H,23,24,26);1-10H,(H,20,21,23);3-8H,9H2,1-2H3,(H,17,18,21). The van der Waals surface area contributed by atoms with Crippen LogP contribution in [0.15, 0.2) is 320 Å². The highest BCUT2D eigenvalue weighted by atomic mass is 35.5. The molecule has 0 radical (unpaired) electrons. The summed E-state index contributed by atoms with van der Waals surface area (Å²) in [6.07, 6.45) is 10.5. The number of carbonyl (C=O) groups excluding carboxylic acids is 6. The Morgan fingerprint density at radius 2 is 0.728 bits per heavy atom. The molecule has 0 spiro atoms. The molecule has 0 saturated carbocycles. The van der Waals surface area contributed by atoms with E-state index in [1.165, 1.54) is 115 Å². The number of pyridine rings is 6. The number of rotatable bonds is 28. The number of carbonyl (C=O) groups is 6. The number of fused-ring (bicyclic) bond motifs is 5. The molecule has 44 heteroatoms. The topological polar surface area (TPSA) is 412 Å². The van der Waals surface area contributed by atoms with E-state index in [0.717, 1.165) is 103 Å². The number of ether oxygens (including phenoxy) is 3. The van der Waals surface area contributed by atoms with Crippen LogP contribution in [0, 0.1) is 0 Å². The molecule has 11 aromatic heterocycles. The molecule has 11 heterocycles. The summed E-state index contributed by atoms with van der Waals surface area (Å²) in [4.78, 5) is 105. The van der Waals surface area contributed by atoms with E-state index in [2.05, 4.69) is 113 Å². The molecular weight excluding hydrogens is 1960 g/mol. The maximum atomic E-state index is 12.4. The zero-order valence-corrected chi connectivity index (χ0v) is 81.1. The van der Waals surface area contributed by atoms with E-state index in [1.54, 1.807) is 123 Å². The van der Waals surface area contributed by atoms with E-state index < -0.39 is 0 Å². The van der Waals surface area contributed by atoms with Crippen molar-refractivity contribution in [1.82, 2.24) is 91.1 Å². The summed E-state index contributed by atoms with van der Waals surface area (Å²) in [6, 6.07) is 72.9. The third-order valence-electron chi connectivity index (χ3n) is 18.2. The SMILES string of the molecule is CN(C)CC(=O)Nc1nnc(Sc2ccnc3ccccc23)s1.COc1ccc(OCC(=O)Nc2nnc(Sc3ccnc4cc(Cl)ccc34)s2)cc1.COc1ccccc1CC(=O)Nc1nnc(Sc2ccnc3cc(Cl)ccc23)s1.O=C(CNC(=O)c1ccccc1)Nc1nnc(Sc2ccnc3ccccc23)s1.O=C(Nc1nnc(Sc2ccnc3ccccc23)s1)c1ccccn1. The van der Waals surface area contributed by atoms with Crippen molar-refractivity contribution in [3.63, 3.8) is 0 Å². The zero-order chi connectivity index (χ0) is 94.5. The Hall–Kier alpha value is -13.7. The van der Waals surface area contributed by atoms with E-state index in [-0.39, 0.29) is 55.0 Å². The van der Waals surface area contributed by atoms with Crippen LogP contribution >= 0.6 is 139 Å². The summed E-state index contributed by atoms with van der Waals surface area (Å²) in [5.74, 6) is 0.407. The molecule has 0 aliphatic heterocycles. The number of hydrogen-bond acceptors (Lipinski definition) is 36. The van der Waals surface area contributed by atoms with E-state index in [1.807, 2.05) is 184 Å². The summed E-state index contributed by atoms with van der Waals surface area (Å²) in [7, 11) is 6.86. The lowest BCUT2D eigenvalue weighted by molar-refractivity contribution is -0.118. The quantitative estimate of drug-likeness (QED) is 0.0248. The van der Waals surface area contributed by atoms with Crippen molar-refractivity contribution in [3.05, 3.63) is 301 Å². The first-order chi connectivity index (χ1) is 66.3. The third-order valence-corrected chi connectivity index (χ3v) is 28.5. The maximum Gasteiger partial charge on any atom is 0.276 e. The van der Waals surface area contributed by atoms with Gasteiger partial charge in [-0.25, -0.2) is 0 Å². The minimum Gasteiger partial charge on any atom is -0.497 e. The molecule has 0 aliphatic rings. The molecule has 6 N–H and O–H groups in total. The Balaban J connectivity index is 0.000000130. The van der Waals surface area contributed by atoms with Gasteiger partial charge in [0, 0.05) is 110 Å². The number of anilines is 5. The van der Waals surface area contributed by atoms with Gasteiger partial charge in [-0.3, -0.25) is 79.9 Å². The fraction of sp³-hybridized carbons (Fsp3) is 0.0870. The predicted molar refractivity (Wildman–Crippen MR) is 538 cm³/mol. The summed E-state index contributed by atoms with van der Waals surface area (Å²) >= 11 is 26.0. The largest absolute Gasteiger partial charge is 0.497 e. The van der Waals surface area contributed by atoms with Gasteiger partial charge in [0.2, 0.25) is 43.4 Å². The number of halogens is 2. The van der Waals surface area contributed by atoms with Crippen LogP contribution in [-0.2, 0) is 25.6 Å². The fourth-order valence-corrected chi connectivity index (χ4v) is 21.7. The van der Waals surface area contributed by atoms with E-state index in [4.69, 9.17) is 37.4 Å². The van der Waals surface area contributed by atoms with Crippen LogP contribution in [0.25, 0.3) is 54.5 Å². The number of nitrogens with one attached hydrogen (secondary N) is 6. The van der Waals surface area contributed by atoms with Crippen molar-refractivity contribution in [1.29, 1.82) is 0 Å². The van der Waals surface area contributed by atoms with E-state index in [0.29, 0.717) is 73.7 Å². The van der Waals surface area contributed by atoms with Crippen molar-refractivity contribution in [2.24, 2.45) is 0 Å². The van der Waals surface area contributed by atoms with Crippen molar-refractivity contribution in [3.8, 4) is 17.2 Å². The van der Waals surface area contributed by atoms with Gasteiger partial charge in [-0.1, -0.05) is 248 Å². The first kappa shape index (κ1) is 96.8. The summed E-state index contributed by atoms with van der Waals surface area (Å²) in [5.41, 5.74) is 6.06. The average Bonchev–Trinajstić information content (AvgIpc) is 1.25. The summed E-state index contributed by atoms with van der Waals surface area (Å²) in [6.45, 7) is 0.0337. The van der Waals surface area contributed by atoms with Crippen LogP contribution in [0.5, 0.6) is 17.2 Å². The third kappa shape index (κ3) is 28.0. The van der Waals surface area contributed by atoms with Crippen LogP contribution in [0.2, 0.25) is 10.0 Å². The highest BCUT2D eigenvalue weighted by Crippen LogP contribution is 2.42. The van der Waals surface area contributed by atoms with Gasteiger partial charge in [0.1, 0.15) is 22.9 Å². The first-order valence-corrected chi connectivity index (χ1v) is 49.2. The number of nitrogens with zero attached hydrogens (tertiary/aromatic N) is 17. The molecule has 32 nitrogen and oxygen atoms in total. The average molecular weight is 2030 g/mol. The lowest BCUT2D eigenvalue weighted by Gasteiger charge is -2.07. The van der Waals surface area contributed by atoms with Crippen molar-refractivity contribution < 1.29 is 43.0 Å². The number of methoxy groups -OCH3 is 2. The maximum absolute atomic E-state index is 12.4. The lowest BCUT2D eigenvalue weighted by atomic mass is 10.1. The molecule has 0 bridgehead atoms. The molecular formula is C92H71Cl2N23O9S10. The van der Waals surface area contributed by atoms with Gasteiger partial charge in [-0.05, 0) is 141 Å². The van der Waals surface area contributed by atoms with Crippen molar-refractivity contribution in [2.75, 3.05) is 74.6 Å². The lowest BCUT2D eigenvalue weighted by Crippen LogP contribution is -2.32. The van der Waals surface area contributed by atoms with Crippen LogP contribution < -0.4 is 46.1 Å². The molecule has 19 aromatic rings. The zero-order valence-electron chi connectivity index (χ0n) is 71.4. The molecule has 0 fully saturated rings. The Bertz CT molecular complexity index is 7390. The van der Waals surface area contributed by atoms with Gasteiger partial charge in [0.15, 0.2) is 28.3 Å². The van der Waals surface area contributed by atoms with Crippen molar-refractivity contribution >= 4 is 254 Å². The van der Waals surface area contributed by atoms with Gasteiger partial charge in [-0.15, -0.1) is 51.0 Å². The van der Waals surface area contributed by atoms with Gasteiger partial charge in [0.25, 0.3) is 17.7 Å². The molecule has 0 unspecified atom stereocenters. The number of hydrogen-bond donors (Lipinski definition) is 6. The van der Waals surface area contributed by atoms with Crippen molar-refractivity contribution in [2.45, 2.75) is 52.6 Å². The summed E-state index contributed by atoms with van der Waals surface area (Å²) < 4.78 is 19.5. The van der Waals surface area contributed by atoms with Gasteiger partial charge < -0.3 is 29.7 Å². The number of amides is 6. The normalized spacial score (nSPS) is 10.8. The smallest absolute Gasteiger partial charge is 0.276 e. The second-order valence-electron chi connectivity index (χ2n) is 27.9. The summed E-state index contributed by atoms with van der Waals surface area (Å²) in [5, 5.41) is 65.7. The minimum absolute atomic E-state index is 0.0999. The van der Waals surface area contributed by atoms with Crippen LogP contribution in [0.3, 0.4) is 0 Å². The molecule has 682 valence electrons.